The molecule has 118 valence electrons. The number of aromatic nitrogens is 1. The average Bonchev–Trinajstić information content (AvgIpc) is 2.94. The van der Waals surface area contributed by atoms with Crippen molar-refractivity contribution in [3.63, 3.8) is 0 Å². The SMILES string of the molecule is N#Cc1cc(S(N)(=O)=O)cnc1OCC1C=C2OC=CC=C2O1. The molecule has 9 heteroatoms. The zero-order valence-corrected chi connectivity index (χ0v) is 12.5. The minimum absolute atomic E-state index is 0.00444. The minimum Gasteiger partial charge on any atom is -0.479 e. The molecule has 2 N–H and O–H groups in total. The highest BCUT2D eigenvalue weighted by Gasteiger charge is 2.25. The van der Waals surface area contributed by atoms with Gasteiger partial charge in [-0.25, -0.2) is 18.5 Å². The molecule has 0 fully saturated rings. The number of ether oxygens (including phenoxy) is 3. The second kappa shape index (κ2) is 5.75. The Bertz CT molecular complexity index is 880. The lowest BCUT2D eigenvalue weighted by molar-refractivity contribution is 0.113. The van der Waals surface area contributed by atoms with Crippen LogP contribution in [0.4, 0.5) is 0 Å². The molecule has 0 aromatic carbocycles. The highest BCUT2D eigenvalue weighted by atomic mass is 32.2. The monoisotopic (exact) mass is 333 g/mol. The molecule has 0 amide bonds. The minimum atomic E-state index is -3.93. The summed E-state index contributed by atoms with van der Waals surface area (Å²) in [5.74, 6) is 1.20. The highest BCUT2D eigenvalue weighted by Crippen LogP contribution is 2.28. The van der Waals surface area contributed by atoms with Gasteiger partial charge in [-0.15, -0.1) is 0 Å². The molecule has 3 heterocycles. The molecule has 1 atom stereocenters. The molecule has 8 nitrogen and oxygen atoms in total. The van der Waals surface area contributed by atoms with Gasteiger partial charge in [0.25, 0.3) is 0 Å². The molecule has 0 radical (unpaired) electrons. The fourth-order valence-corrected chi connectivity index (χ4v) is 2.47. The van der Waals surface area contributed by atoms with Gasteiger partial charge in [0.15, 0.2) is 17.6 Å². The maximum atomic E-state index is 11.3. The van der Waals surface area contributed by atoms with Crippen molar-refractivity contribution in [2.45, 2.75) is 11.0 Å². The number of pyridine rings is 1. The summed E-state index contributed by atoms with van der Waals surface area (Å²) in [6.45, 7) is 0.0839. The summed E-state index contributed by atoms with van der Waals surface area (Å²) in [6.07, 6.45) is 7.37. The number of sulfonamides is 1. The van der Waals surface area contributed by atoms with Crippen LogP contribution in [-0.4, -0.2) is 26.1 Å². The normalized spacial score (nSPS) is 18.9. The Morgan fingerprint density at radius 2 is 2.26 bits per heavy atom. The van der Waals surface area contributed by atoms with E-state index in [4.69, 9.17) is 24.6 Å². The van der Waals surface area contributed by atoms with Crippen molar-refractivity contribution in [1.29, 1.82) is 5.26 Å². The highest BCUT2D eigenvalue weighted by molar-refractivity contribution is 7.89. The molecule has 1 unspecified atom stereocenters. The predicted octanol–water partition coefficient (Wildman–Crippen LogP) is 0.690. The van der Waals surface area contributed by atoms with Crippen molar-refractivity contribution < 1.29 is 22.6 Å². The third-order valence-electron chi connectivity index (χ3n) is 3.04. The summed E-state index contributed by atoms with van der Waals surface area (Å²) in [6, 6.07) is 2.94. The maximum Gasteiger partial charge on any atom is 0.239 e. The molecule has 0 bridgehead atoms. The van der Waals surface area contributed by atoms with Crippen LogP contribution in [0.3, 0.4) is 0 Å². The van der Waals surface area contributed by atoms with Gasteiger partial charge in [-0.2, -0.15) is 5.26 Å². The molecule has 3 rings (SSSR count). The second-order valence-corrected chi connectivity index (χ2v) is 6.22. The Hall–Kier alpha value is -2.83. The zero-order chi connectivity index (χ0) is 16.4. The van der Waals surface area contributed by atoms with Crippen molar-refractivity contribution in [3.8, 4) is 11.9 Å². The topological polar surface area (TPSA) is 125 Å². The smallest absolute Gasteiger partial charge is 0.239 e. The van der Waals surface area contributed by atoms with E-state index in [0.29, 0.717) is 11.5 Å². The van der Waals surface area contributed by atoms with Crippen molar-refractivity contribution in [1.82, 2.24) is 4.98 Å². The average molecular weight is 333 g/mol. The van der Waals surface area contributed by atoms with Crippen molar-refractivity contribution >= 4 is 10.0 Å². The number of nitriles is 1. The van der Waals surface area contributed by atoms with Gasteiger partial charge in [0.1, 0.15) is 23.1 Å². The molecule has 0 saturated heterocycles. The lowest BCUT2D eigenvalue weighted by Crippen LogP contribution is -2.17. The van der Waals surface area contributed by atoms with Gasteiger partial charge in [-0.3, -0.25) is 0 Å². The molecule has 23 heavy (non-hydrogen) atoms. The van der Waals surface area contributed by atoms with Gasteiger partial charge in [-0.05, 0) is 18.2 Å². The lowest BCUT2D eigenvalue weighted by Gasteiger charge is -2.13. The molecule has 2 aliphatic rings. The first-order valence-electron chi connectivity index (χ1n) is 6.45. The van der Waals surface area contributed by atoms with Crippen LogP contribution >= 0.6 is 0 Å². The van der Waals surface area contributed by atoms with Gasteiger partial charge in [0.2, 0.25) is 15.9 Å². The van der Waals surface area contributed by atoms with Gasteiger partial charge in [0.05, 0.1) is 12.5 Å². The molecular formula is C14H11N3O5S. The summed E-state index contributed by atoms with van der Waals surface area (Å²) in [5, 5.41) is 14.1. The number of hydrogen-bond acceptors (Lipinski definition) is 7. The molecule has 1 aromatic heterocycles. The van der Waals surface area contributed by atoms with Crippen LogP contribution in [0.25, 0.3) is 0 Å². The lowest BCUT2D eigenvalue weighted by atomic mass is 10.3. The quantitative estimate of drug-likeness (QED) is 0.859. The number of nitrogens with two attached hydrogens (primary N) is 1. The summed E-state index contributed by atoms with van der Waals surface area (Å²) >= 11 is 0. The van der Waals surface area contributed by atoms with E-state index in [2.05, 4.69) is 4.98 Å². The fraction of sp³-hybridized carbons (Fsp3) is 0.143. The summed E-state index contributed by atoms with van der Waals surface area (Å²) in [4.78, 5) is 3.58. The number of allylic oxidation sites excluding steroid dienone is 2. The van der Waals surface area contributed by atoms with E-state index in [-0.39, 0.29) is 22.9 Å². The van der Waals surface area contributed by atoms with E-state index < -0.39 is 16.1 Å². The number of fused-ring (bicyclic) bond motifs is 1. The Morgan fingerprint density at radius 1 is 1.43 bits per heavy atom. The number of hydrogen-bond donors (Lipinski definition) is 1. The van der Waals surface area contributed by atoms with Gasteiger partial charge < -0.3 is 14.2 Å². The standard InChI is InChI=1S/C14H11N3O5S/c15-6-9-4-11(23(16,18)19)7-17-14(9)21-8-10-5-13-12(22-10)2-1-3-20-13/h1-5,7,10H,8H2,(H2,16,18,19). The molecule has 2 aliphatic heterocycles. The fourth-order valence-electron chi connectivity index (χ4n) is 1.99. The van der Waals surface area contributed by atoms with E-state index >= 15 is 0 Å². The van der Waals surface area contributed by atoms with Gasteiger partial charge in [-0.1, -0.05) is 0 Å². The molecule has 0 aliphatic carbocycles. The predicted molar refractivity (Wildman–Crippen MR) is 77.1 cm³/mol. The van der Waals surface area contributed by atoms with E-state index in [1.54, 1.807) is 18.2 Å². The molecule has 1 aromatic rings. The summed E-state index contributed by atoms with van der Waals surface area (Å²) in [7, 11) is -3.93. The van der Waals surface area contributed by atoms with E-state index in [0.717, 1.165) is 12.3 Å². The van der Waals surface area contributed by atoms with Crippen molar-refractivity contribution in [2.24, 2.45) is 5.14 Å². The summed E-state index contributed by atoms with van der Waals surface area (Å²) in [5.41, 5.74) is -0.0308. The number of nitrogens with zero attached hydrogens (tertiary/aromatic N) is 2. The molecular weight excluding hydrogens is 322 g/mol. The third kappa shape index (κ3) is 3.18. The first-order valence-corrected chi connectivity index (χ1v) is 8.00. The molecule has 0 spiro atoms. The van der Waals surface area contributed by atoms with Crippen molar-refractivity contribution in [3.05, 3.63) is 53.8 Å². The Labute approximate surface area is 132 Å². The van der Waals surface area contributed by atoms with E-state index in [1.807, 2.05) is 6.07 Å². The number of rotatable bonds is 4. The van der Waals surface area contributed by atoms with Gasteiger partial charge >= 0.3 is 0 Å². The third-order valence-corrected chi connectivity index (χ3v) is 3.92. The Morgan fingerprint density at radius 3 is 2.96 bits per heavy atom. The Balaban J connectivity index is 1.72. The second-order valence-electron chi connectivity index (χ2n) is 4.66. The van der Waals surface area contributed by atoms with Crippen LogP contribution in [0.2, 0.25) is 0 Å². The van der Waals surface area contributed by atoms with Crippen LogP contribution in [0.1, 0.15) is 5.56 Å². The largest absolute Gasteiger partial charge is 0.479 e. The van der Waals surface area contributed by atoms with E-state index in [1.165, 1.54) is 6.26 Å². The first-order chi connectivity index (χ1) is 11.0. The van der Waals surface area contributed by atoms with Crippen LogP contribution in [-0.2, 0) is 19.5 Å². The van der Waals surface area contributed by atoms with Crippen LogP contribution < -0.4 is 9.88 Å². The van der Waals surface area contributed by atoms with Gasteiger partial charge in [0, 0.05) is 6.08 Å². The Kier molecular flexibility index (Phi) is 3.77. The van der Waals surface area contributed by atoms with Crippen LogP contribution in [0.15, 0.2) is 53.2 Å². The molecule has 0 saturated carbocycles. The van der Waals surface area contributed by atoms with Crippen LogP contribution in [0, 0.1) is 11.3 Å². The maximum absolute atomic E-state index is 11.3. The zero-order valence-electron chi connectivity index (χ0n) is 11.7. The summed E-state index contributed by atoms with van der Waals surface area (Å²) < 4.78 is 38.8. The van der Waals surface area contributed by atoms with Crippen LogP contribution in [0.5, 0.6) is 5.88 Å². The van der Waals surface area contributed by atoms with E-state index in [9.17, 15) is 8.42 Å². The number of primary sulfonamides is 1. The first kappa shape index (κ1) is 15.1. The van der Waals surface area contributed by atoms with Crippen molar-refractivity contribution in [2.75, 3.05) is 6.61 Å².